The predicted molar refractivity (Wildman–Crippen MR) is 147 cm³/mol. The van der Waals surface area contributed by atoms with E-state index in [2.05, 4.69) is 25.5 Å². The Morgan fingerprint density at radius 2 is 1.75 bits per heavy atom. The lowest BCUT2D eigenvalue weighted by Gasteiger charge is -2.28. The number of imide groups is 1. The van der Waals surface area contributed by atoms with Crippen molar-refractivity contribution in [1.29, 1.82) is 0 Å². The van der Waals surface area contributed by atoms with Gasteiger partial charge in [-0.05, 0) is 37.3 Å². The van der Waals surface area contributed by atoms with Crippen LogP contribution in [0.2, 0.25) is 0 Å². The van der Waals surface area contributed by atoms with E-state index in [0.717, 1.165) is 4.90 Å². The Balaban J connectivity index is 1.26. The lowest BCUT2D eigenvalue weighted by molar-refractivity contribution is -0.117. The fraction of sp³-hybridized carbons (Fsp3) is 0.267. The number of halogens is 4. The molecule has 2 aromatic carbocycles. The molecular weight excluding hydrogens is 582 g/mol. The van der Waals surface area contributed by atoms with Gasteiger partial charge in [0, 0.05) is 22.7 Å². The zero-order chi connectivity index (χ0) is 30.4. The van der Waals surface area contributed by atoms with E-state index in [-0.39, 0.29) is 62.7 Å². The SMILES string of the molecule is O=C(Nc1cn2cc(-c3c(C(F)F)c(F)c(C(C4CC4)N4C(=O)c5ccccc5C4=O)c4[nH]ncc34)ncc2n1)C1CC1F. The summed E-state index contributed by atoms with van der Waals surface area (Å²) < 4.78 is 61.0. The monoisotopic (exact) mass is 603 g/mol. The number of aromatic amines is 1. The topological polar surface area (TPSA) is 125 Å². The summed E-state index contributed by atoms with van der Waals surface area (Å²) in [6.07, 6.45) is 2.12. The second-order valence-electron chi connectivity index (χ2n) is 11.3. The smallest absolute Gasteiger partial charge is 0.267 e. The minimum absolute atomic E-state index is 0.0327. The van der Waals surface area contributed by atoms with E-state index in [1.54, 1.807) is 12.1 Å². The van der Waals surface area contributed by atoms with Crippen LogP contribution in [0.4, 0.5) is 23.4 Å². The molecule has 2 N–H and O–H groups in total. The van der Waals surface area contributed by atoms with Crippen LogP contribution < -0.4 is 5.32 Å². The predicted octanol–water partition coefficient (Wildman–Crippen LogP) is 5.39. The van der Waals surface area contributed by atoms with Gasteiger partial charge in [0.15, 0.2) is 11.5 Å². The Labute approximate surface area is 245 Å². The highest BCUT2D eigenvalue weighted by Crippen LogP contribution is 2.51. The number of amides is 3. The number of imidazole rings is 1. The molecule has 0 radical (unpaired) electrons. The van der Waals surface area contributed by atoms with Crippen LogP contribution in [-0.4, -0.2) is 53.4 Å². The van der Waals surface area contributed by atoms with Crippen molar-refractivity contribution >= 4 is 40.1 Å². The second-order valence-corrected chi connectivity index (χ2v) is 11.3. The van der Waals surface area contributed by atoms with E-state index in [4.69, 9.17) is 0 Å². The third kappa shape index (κ3) is 3.93. The Morgan fingerprint density at radius 1 is 1.05 bits per heavy atom. The van der Waals surface area contributed by atoms with Crippen molar-refractivity contribution in [3.63, 3.8) is 0 Å². The molecule has 3 aliphatic rings. The number of alkyl halides is 3. The quantitative estimate of drug-likeness (QED) is 0.190. The van der Waals surface area contributed by atoms with E-state index in [9.17, 15) is 27.6 Å². The van der Waals surface area contributed by atoms with Crippen LogP contribution in [0.1, 0.15) is 63.6 Å². The maximum absolute atomic E-state index is 16.6. The molecule has 2 fully saturated rings. The molecule has 0 bridgehead atoms. The van der Waals surface area contributed by atoms with E-state index >= 15 is 4.39 Å². The van der Waals surface area contributed by atoms with Crippen molar-refractivity contribution in [2.24, 2.45) is 11.8 Å². The third-order valence-corrected chi connectivity index (χ3v) is 8.50. The number of anilines is 1. The highest BCUT2D eigenvalue weighted by Gasteiger charge is 2.49. The number of hydrogen-bond donors (Lipinski definition) is 2. The lowest BCUT2D eigenvalue weighted by atomic mass is 9.90. The van der Waals surface area contributed by atoms with Gasteiger partial charge in [-0.25, -0.2) is 22.5 Å². The second kappa shape index (κ2) is 9.43. The number of nitrogens with zero attached hydrogens (tertiary/aromatic N) is 5. The molecule has 0 saturated heterocycles. The summed E-state index contributed by atoms with van der Waals surface area (Å²) in [5.74, 6) is -3.96. The van der Waals surface area contributed by atoms with Gasteiger partial charge in [0.2, 0.25) is 5.91 Å². The van der Waals surface area contributed by atoms with Crippen molar-refractivity contribution in [1.82, 2.24) is 29.5 Å². The van der Waals surface area contributed by atoms with Gasteiger partial charge < -0.3 is 9.72 Å². The number of benzene rings is 2. The highest BCUT2D eigenvalue weighted by atomic mass is 19.3. The van der Waals surface area contributed by atoms with Crippen molar-refractivity contribution in [3.05, 3.63) is 77.1 Å². The first kappa shape index (κ1) is 26.5. The average molecular weight is 604 g/mol. The Kier molecular flexibility index (Phi) is 5.68. The molecule has 222 valence electrons. The van der Waals surface area contributed by atoms with Crippen LogP contribution in [0, 0.1) is 17.7 Å². The molecule has 8 rings (SSSR count). The molecule has 10 nitrogen and oxygen atoms in total. The van der Waals surface area contributed by atoms with E-state index in [1.165, 1.54) is 41.3 Å². The Morgan fingerprint density at radius 3 is 2.39 bits per heavy atom. The fourth-order valence-corrected chi connectivity index (χ4v) is 6.14. The number of carbonyl (C=O) groups excluding carboxylic acids is 3. The normalized spacial score (nSPS) is 20.2. The molecule has 44 heavy (non-hydrogen) atoms. The van der Waals surface area contributed by atoms with Gasteiger partial charge in [0.25, 0.3) is 18.2 Å². The van der Waals surface area contributed by atoms with Crippen LogP contribution in [0.25, 0.3) is 27.8 Å². The van der Waals surface area contributed by atoms with Gasteiger partial charge >= 0.3 is 0 Å². The van der Waals surface area contributed by atoms with Gasteiger partial charge in [-0.3, -0.25) is 29.4 Å². The number of hydrogen-bond acceptors (Lipinski definition) is 6. The zero-order valence-corrected chi connectivity index (χ0v) is 22.6. The summed E-state index contributed by atoms with van der Waals surface area (Å²) in [4.78, 5) is 48.5. The van der Waals surface area contributed by atoms with Gasteiger partial charge in [-0.15, -0.1) is 0 Å². The average Bonchev–Trinajstić information content (AvgIpc) is 3.86. The summed E-state index contributed by atoms with van der Waals surface area (Å²) in [6, 6.07) is 5.11. The molecule has 14 heteroatoms. The summed E-state index contributed by atoms with van der Waals surface area (Å²) >= 11 is 0. The minimum Gasteiger partial charge on any atom is -0.309 e. The fourth-order valence-electron chi connectivity index (χ4n) is 6.14. The number of aromatic nitrogens is 5. The largest absolute Gasteiger partial charge is 0.309 e. The van der Waals surface area contributed by atoms with Crippen molar-refractivity contribution in [2.75, 3.05) is 5.32 Å². The number of fused-ring (bicyclic) bond motifs is 3. The first-order chi connectivity index (χ1) is 21.2. The van der Waals surface area contributed by atoms with Gasteiger partial charge in [0.1, 0.15) is 12.0 Å². The minimum atomic E-state index is -3.30. The molecule has 2 saturated carbocycles. The van der Waals surface area contributed by atoms with Crippen LogP contribution >= 0.6 is 0 Å². The van der Waals surface area contributed by atoms with Crippen LogP contribution in [0.3, 0.4) is 0 Å². The zero-order valence-electron chi connectivity index (χ0n) is 22.6. The van der Waals surface area contributed by atoms with Gasteiger partial charge in [-0.1, -0.05) is 12.1 Å². The summed E-state index contributed by atoms with van der Waals surface area (Å²) in [5.41, 5.74) is -0.754. The van der Waals surface area contributed by atoms with Gasteiger partial charge in [0.05, 0.1) is 58.5 Å². The Hall–Kier alpha value is -5.14. The van der Waals surface area contributed by atoms with Crippen LogP contribution in [0.15, 0.2) is 49.1 Å². The molecule has 3 unspecified atom stereocenters. The number of nitrogens with one attached hydrogen (secondary N) is 2. The van der Waals surface area contributed by atoms with E-state index < -0.39 is 53.7 Å². The van der Waals surface area contributed by atoms with Crippen LogP contribution in [-0.2, 0) is 4.79 Å². The molecule has 4 heterocycles. The number of carbonyl (C=O) groups is 3. The maximum atomic E-state index is 16.6. The molecule has 3 amide bonds. The van der Waals surface area contributed by atoms with Crippen molar-refractivity contribution in [3.8, 4) is 11.3 Å². The summed E-state index contributed by atoms with van der Waals surface area (Å²) in [6.45, 7) is 0. The van der Waals surface area contributed by atoms with E-state index in [0.29, 0.717) is 12.8 Å². The Bertz CT molecular complexity index is 2020. The lowest BCUT2D eigenvalue weighted by Crippen LogP contribution is -2.36. The molecule has 1 aliphatic heterocycles. The summed E-state index contributed by atoms with van der Waals surface area (Å²) in [5, 5.41) is 9.41. The first-order valence-corrected chi connectivity index (χ1v) is 14.0. The number of H-pyrrole nitrogens is 1. The standard InChI is InChI=1S/C30H21F4N7O3/c31-17-7-15(17)28(42)38-19-11-40-10-18(35-9-20(40)37-19)21-16-8-36-39-25(16)23(24(32)22(21)27(33)34)26(12-5-6-12)41-29(43)13-3-1-2-4-14(13)30(41)44/h1-4,8-12,15,17,26-27H,5-7H2,(H,36,39)(H,38,42). The molecular formula is C30H21F4N7O3. The third-order valence-electron chi connectivity index (χ3n) is 8.50. The van der Waals surface area contributed by atoms with Crippen molar-refractivity contribution < 1.29 is 31.9 Å². The summed E-state index contributed by atoms with van der Waals surface area (Å²) in [7, 11) is 0. The number of rotatable bonds is 7. The van der Waals surface area contributed by atoms with Gasteiger partial charge in [-0.2, -0.15) is 5.10 Å². The molecule has 3 aromatic heterocycles. The first-order valence-electron chi connectivity index (χ1n) is 14.0. The molecule has 5 aromatic rings. The molecule has 3 atom stereocenters. The molecule has 0 spiro atoms. The van der Waals surface area contributed by atoms with Crippen LogP contribution in [0.5, 0.6) is 0 Å². The maximum Gasteiger partial charge on any atom is 0.267 e. The van der Waals surface area contributed by atoms with Crippen molar-refractivity contribution in [2.45, 2.75) is 37.9 Å². The molecule has 2 aliphatic carbocycles. The highest BCUT2D eigenvalue weighted by molar-refractivity contribution is 6.21. The van der Waals surface area contributed by atoms with E-state index in [1.807, 2.05) is 0 Å².